The van der Waals surface area contributed by atoms with Gasteiger partial charge in [0.2, 0.25) is 5.91 Å². The fourth-order valence-electron chi connectivity index (χ4n) is 2.03. The lowest BCUT2D eigenvalue weighted by molar-refractivity contribution is -0.116. The van der Waals surface area contributed by atoms with Gasteiger partial charge in [-0.05, 0) is 36.8 Å². The van der Waals surface area contributed by atoms with E-state index in [1.54, 1.807) is 12.0 Å². The average molecular weight is 304 g/mol. The third-order valence-electron chi connectivity index (χ3n) is 3.26. The summed E-state index contributed by atoms with van der Waals surface area (Å²) in [4.78, 5) is 13.8. The van der Waals surface area contributed by atoms with E-state index in [1.807, 2.05) is 55.5 Å². The van der Waals surface area contributed by atoms with Crippen LogP contribution in [0.2, 0.25) is 0 Å². The third kappa shape index (κ3) is 3.99. The first-order valence-electron chi connectivity index (χ1n) is 6.70. The molecule has 110 valence electrons. The summed E-state index contributed by atoms with van der Waals surface area (Å²) >= 11 is 5.73. The quantitative estimate of drug-likeness (QED) is 0.787. The number of aryl methyl sites for hydroxylation is 1. The van der Waals surface area contributed by atoms with Crippen LogP contribution in [0.5, 0.6) is 5.75 Å². The predicted molar refractivity (Wildman–Crippen MR) is 86.1 cm³/mol. The van der Waals surface area contributed by atoms with E-state index in [-0.39, 0.29) is 11.8 Å². The Morgan fingerprint density at radius 2 is 1.71 bits per heavy atom. The van der Waals surface area contributed by atoms with Gasteiger partial charge in [-0.15, -0.1) is 11.6 Å². The monoisotopic (exact) mass is 303 g/mol. The van der Waals surface area contributed by atoms with Gasteiger partial charge in [0.25, 0.3) is 0 Å². The van der Waals surface area contributed by atoms with E-state index in [4.69, 9.17) is 16.3 Å². The predicted octanol–water partition coefficient (Wildman–Crippen LogP) is 3.78. The van der Waals surface area contributed by atoms with Gasteiger partial charge in [-0.25, -0.2) is 0 Å². The molecule has 0 spiro atoms. The van der Waals surface area contributed by atoms with Crippen molar-refractivity contribution in [2.45, 2.75) is 13.5 Å². The summed E-state index contributed by atoms with van der Waals surface area (Å²) in [5.41, 5.74) is 3.03. The number of benzene rings is 2. The summed E-state index contributed by atoms with van der Waals surface area (Å²) in [7, 11) is 1.63. The second-order valence-corrected chi connectivity index (χ2v) is 5.06. The first-order chi connectivity index (χ1) is 10.1. The molecule has 0 atom stereocenters. The molecule has 2 aromatic rings. The highest BCUT2D eigenvalue weighted by molar-refractivity contribution is 6.29. The average Bonchev–Trinajstić information content (AvgIpc) is 2.53. The molecule has 0 fully saturated rings. The Labute approximate surface area is 130 Å². The number of hydrogen-bond acceptors (Lipinski definition) is 2. The molecule has 4 heteroatoms. The number of ether oxygens (including phenoxy) is 1. The standard InChI is InChI=1S/C17H18ClNO2/c1-13-3-7-15(8-4-13)19(17(20)11-18)12-14-5-9-16(21-2)10-6-14/h3-10H,11-12H2,1-2H3. The Morgan fingerprint density at radius 3 is 2.24 bits per heavy atom. The highest BCUT2D eigenvalue weighted by Crippen LogP contribution is 2.20. The number of hydrogen-bond donors (Lipinski definition) is 0. The third-order valence-corrected chi connectivity index (χ3v) is 3.49. The van der Waals surface area contributed by atoms with Gasteiger partial charge >= 0.3 is 0 Å². The molecule has 2 rings (SSSR count). The van der Waals surface area contributed by atoms with Gasteiger partial charge in [-0.3, -0.25) is 4.79 Å². The van der Waals surface area contributed by atoms with Crippen LogP contribution in [-0.2, 0) is 11.3 Å². The number of nitrogens with zero attached hydrogens (tertiary/aromatic N) is 1. The number of methoxy groups -OCH3 is 1. The van der Waals surface area contributed by atoms with Crippen LogP contribution >= 0.6 is 11.6 Å². The summed E-state index contributed by atoms with van der Waals surface area (Å²) in [5.74, 6) is 0.643. The lowest BCUT2D eigenvalue weighted by atomic mass is 10.1. The van der Waals surface area contributed by atoms with Crippen LogP contribution in [0.1, 0.15) is 11.1 Å². The van der Waals surface area contributed by atoms with Crippen LogP contribution in [0.25, 0.3) is 0 Å². The highest BCUT2D eigenvalue weighted by Gasteiger charge is 2.15. The molecule has 0 radical (unpaired) electrons. The summed E-state index contributed by atoms with van der Waals surface area (Å²) in [6, 6.07) is 15.5. The molecule has 0 unspecified atom stereocenters. The molecular weight excluding hydrogens is 286 g/mol. The van der Waals surface area contributed by atoms with Crippen LogP contribution in [0.15, 0.2) is 48.5 Å². The molecule has 0 heterocycles. The molecule has 0 saturated carbocycles. The maximum atomic E-state index is 12.1. The molecule has 0 aliphatic carbocycles. The molecule has 21 heavy (non-hydrogen) atoms. The van der Waals surface area contributed by atoms with Gasteiger partial charge in [0.05, 0.1) is 13.7 Å². The fraction of sp³-hybridized carbons (Fsp3) is 0.235. The van der Waals surface area contributed by atoms with Gasteiger partial charge in [0.1, 0.15) is 11.6 Å². The minimum atomic E-state index is -0.115. The summed E-state index contributed by atoms with van der Waals surface area (Å²) in [6.45, 7) is 2.50. The molecule has 0 aromatic heterocycles. The summed E-state index contributed by atoms with van der Waals surface area (Å²) in [5, 5.41) is 0. The van der Waals surface area contributed by atoms with Crippen LogP contribution in [0, 0.1) is 6.92 Å². The number of carbonyl (C=O) groups is 1. The normalized spacial score (nSPS) is 10.2. The van der Waals surface area contributed by atoms with E-state index in [9.17, 15) is 4.79 Å². The maximum absolute atomic E-state index is 12.1. The Hall–Kier alpha value is -2.00. The van der Waals surface area contributed by atoms with Gasteiger partial charge in [0, 0.05) is 5.69 Å². The lowest BCUT2D eigenvalue weighted by Gasteiger charge is -2.22. The van der Waals surface area contributed by atoms with E-state index in [0.29, 0.717) is 6.54 Å². The Morgan fingerprint density at radius 1 is 1.10 bits per heavy atom. The SMILES string of the molecule is COc1ccc(CN(C(=O)CCl)c2ccc(C)cc2)cc1. The van der Waals surface area contributed by atoms with E-state index >= 15 is 0 Å². The zero-order chi connectivity index (χ0) is 15.2. The Bertz CT molecular complexity index is 593. The topological polar surface area (TPSA) is 29.5 Å². The van der Waals surface area contributed by atoms with E-state index < -0.39 is 0 Å². The van der Waals surface area contributed by atoms with Gasteiger partial charge in [0.15, 0.2) is 0 Å². The van der Waals surface area contributed by atoms with Gasteiger partial charge in [-0.2, -0.15) is 0 Å². The lowest BCUT2D eigenvalue weighted by Crippen LogP contribution is -2.31. The number of anilines is 1. The van der Waals surface area contributed by atoms with Crippen LogP contribution in [0.3, 0.4) is 0 Å². The second kappa shape index (κ2) is 7.14. The van der Waals surface area contributed by atoms with Crippen LogP contribution in [-0.4, -0.2) is 18.9 Å². The minimum absolute atomic E-state index is 0.0377. The Kier molecular flexibility index (Phi) is 5.23. The Balaban J connectivity index is 2.23. The zero-order valence-corrected chi connectivity index (χ0v) is 12.9. The van der Waals surface area contributed by atoms with Crippen LogP contribution < -0.4 is 9.64 Å². The molecule has 0 aliphatic heterocycles. The van der Waals surface area contributed by atoms with Crippen molar-refractivity contribution in [3.05, 3.63) is 59.7 Å². The molecule has 0 N–H and O–H groups in total. The molecule has 2 aromatic carbocycles. The molecular formula is C17H18ClNO2. The van der Waals surface area contributed by atoms with Crippen molar-refractivity contribution in [3.63, 3.8) is 0 Å². The first-order valence-corrected chi connectivity index (χ1v) is 7.23. The molecule has 0 bridgehead atoms. The molecule has 0 aliphatic rings. The van der Waals surface area contributed by atoms with Crippen molar-refractivity contribution in [2.24, 2.45) is 0 Å². The van der Waals surface area contributed by atoms with E-state index in [0.717, 1.165) is 22.6 Å². The van der Waals surface area contributed by atoms with Gasteiger partial charge in [-0.1, -0.05) is 29.8 Å². The van der Waals surface area contributed by atoms with Crippen molar-refractivity contribution in [1.82, 2.24) is 0 Å². The molecule has 1 amide bonds. The molecule has 0 saturated heterocycles. The van der Waals surface area contributed by atoms with Crippen molar-refractivity contribution in [2.75, 3.05) is 17.9 Å². The smallest absolute Gasteiger partial charge is 0.242 e. The van der Waals surface area contributed by atoms with Gasteiger partial charge < -0.3 is 9.64 Å². The molecule has 3 nitrogen and oxygen atoms in total. The second-order valence-electron chi connectivity index (χ2n) is 4.80. The first kappa shape index (κ1) is 15.4. The van der Waals surface area contributed by atoms with Crippen LogP contribution in [0.4, 0.5) is 5.69 Å². The van der Waals surface area contributed by atoms with E-state index in [1.165, 1.54) is 0 Å². The number of carbonyl (C=O) groups excluding carboxylic acids is 1. The van der Waals surface area contributed by atoms with Crippen molar-refractivity contribution < 1.29 is 9.53 Å². The largest absolute Gasteiger partial charge is 0.497 e. The number of rotatable bonds is 5. The van der Waals surface area contributed by atoms with E-state index in [2.05, 4.69) is 0 Å². The number of alkyl halides is 1. The minimum Gasteiger partial charge on any atom is -0.497 e. The van der Waals surface area contributed by atoms with Crippen molar-refractivity contribution >= 4 is 23.2 Å². The summed E-state index contributed by atoms with van der Waals surface area (Å²) in [6.07, 6.45) is 0. The van der Waals surface area contributed by atoms with Crippen molar-refractivity contribution in [3.8, 4) is 5.75 Å². The highest BCUT2D eigenvalue weighted by atomic mass is 35.5. The number of halogens is 1. The maximum Gasteiger partial charge on any atom is 0.242 e. The fourth-order valence-corrected chi connectivity index (χ4v) is 2.18. The summed E-state index contributed by atoms with van der Waals surface area (Å²) < 4.78 is 5.14. The van der Waals surface area contributed by atoms with Crippen molar-refractivity contribution in [1.29, 1.82) is 0 Å². The zero-order valence-electron chi connectivity index (χ0n) is 12.2. The number of amides is 1.